The Morgan fingerprint density at radius 3 is 2.53 bits per heavy atom. The number of ether oxygens (including phenoxy) is 1. The van der Waals surface area contributed by atoms with Crippen LogP contribution in [0.2, 0.25) is 0 Å². The molecule has 1 fully saturated rings. The molecule has 164 valence electrons. The summed E-state index contributed by atoms with van der Waals surface area (Å²) >= 11 is 3.21. The monoisotopic (exact) mass is 466 g/mol. The molecule has 10 heteroatoms. The van der Waals surface area contributed by atoms with Gasteiger partial charge in [-0.15, -0.1) is 22.7 Å². The number of aromatic nitrogens is 3. The van der Waals surface area contributed by atoms with E-state index in [1.165, 1.54) is 0 Å². The number of nitrogens with zero attached hydrogens (tertiary/aromatic N) is 5. The van der Waals surface area contributed by atoms with Crippen molar-refractivity contribution in [3.05, 3.63) is 47.2 Å². The molecule has 1 aromatic carbocycles. The van der Waals surface area contributed by atoms with Gasteiger partial charge in [0.25, 0.3) is 0 Å². The van der Waals surface area contributed by atoms with Crippen molar-refractivity contribution in [2.75, 3.05) is 43.0 Å². The Hall–Kier alpha value is -3.24. The normalized spacial score (nSPS) is 14.0. The van der Waals surface area contributed by atoms with Crippen molar-refractivity contribution in [1.82, 2.24) is 19.9 Å². The predicted molar refractivity (Wildman–Crippen MR) is 129 cm³/mol. The molecule has 0 bridgehead atoms. The fraction of sp³-hybridized carbons (Fsp3) is 0.273. The largest absolute Gasteiger partial charge is 0.450 e. The summed E-state index contributed by atoms with van der Waals surface area (Å²) in [6.45, 7) is 4.65. The van der Waals surface area contributed by atoms with Gasteiger partial charge in [-0.2, -0.15) is 0 Å². The van der Waals surface area contributed by atoms with Crippen molar-refractivity contribution in [1.29, 1.82) is 0 Å². The maximum Gasteiger partial charge on any atom is 0.409 e. The van der Waals surface area contributed by atoms with Gasteiger partial charge in [-0.05, 0) is 30.5 Å². The van der Waals surface area contributed by atoms with Gasteiger partial charge in [0.2, 0.25) is 0 Å². The average Bonchev–Trinajstić information content (AvgIpc) is 3.51. The third-order valence-corrected chi connectivity index (χ3v) is 6.81. The number of amides is 1. The molecular weight excluding hydrogens is 444 g/mol. The molecule has 1 aliphatic heterocycles. The highest BCUT2D eigenvalue weighted by Crippen LogP contribution is 2.33. The number of thiazole rings is 1. The molecule has 1 amide bonds. The van der Waals surface area contributed by atoms with Crippen molar-refractivity contribution < 1.29 is 9.53 Å². The lowest BCUT2D eigenvalue weighted by Crippen LogP contribution is -2.49. The number of thiophene rings is 1. The van der Waals surface area contributed by atoms with Crippen LogP contribution in [0.4, 0.5) is 21.6 Å². The number of fused-ring (bicyclic) bond motifs is 1. The van der Waals surface area contributed by atoms with Gasteiger partial charge in [0, 0.05) is 31.6 Å². The Labute approximate surface area is 193 Å². The minimum absolute atomic E-state index is 0.265. The summed E-state index contributed by atoms with van der Waals surface area (Å²) in [5.41, 5.74) is 2.60. The van der Waals surface area contributed by atoms with E-state index in [0.717, 1.165) is 32.6 Å². The number of piperazine rings is 1. The van der Waals surface area contributed by atoms with Crippen molar-refractivity contribution in [2.45, 2.75) is 6.92 Å². The standard InChI is InChI=1S/C22H22N6O2S2/c1-2-30-22(29)28-11-9-27(10-12-28)20-19(23-15-6-3-4-7-16(15)24-20)26-21-25-17(14-32-21)18-8-5-13-31-18/h3-8,13-14H,2,9-12H2,1H3,(H,23,25,26). The van der Waals surface area contributed by atoms with E-state index in [2.05, 4.69) is 16.3 Å². The molecule has 4 heterocycles. The third kappa shape index (κ3) is 4.23. The van der Waals surface area contributed by atoms with E-state index in [9.17, 15) is 4.79 Å². The number of nitrogens with one attached hydrogen (secondary N) is 1. The van der Waals surface area contributed by atoms with E-state index in [-0.39, 0.29) is 6.09 Å². The molecule has 1 aliphatic rings. The van der Waals surface area contributed by atoms with Crippen LogP contribution < -0.4 is 10.2 Å². The van der Waals surface area contributed by atoms with E-state index in [4.69, 9.17) is 19.7 Å². The van der Waals surface area contributed by atoms with Gasteiger partial charge in [-0.3, -0.25) is 0 Å². The van der Waals surface area contributed by atoms with Crippen molar-refractivity contribution in [3.8, 4) is 10.6 Å². The Morgan fingerprint density at radius 2 is 1.81 bits per heavy atom. The quantitative estimate of drug-likeness (QED) is 0.451. The molecule has 0 radical (unpaired) electrons. The van der Waals surface area contributed by atoms with Crippen molar-refractivity contribution in [3.63, 3.8) is 0 Å². The summed E-state index contributed by atoms with van der Waals surface area (Å²) in [6.07, 6.45) is -0.265. The van der Waals surface area contributed by atoms with E-state index in [0.29, 0.717) is 38.6 Å². The first-order valence-electron chi connectivity index (χ1n) is 10.4. The van der Waals surface area contributed by atoms with Gasteiger partial charge in [0.05, 0.1) is 28.2 Å². The predicted octanol–water partition coefficient (Wildman–Crippen LogP) is 4.84. The van der Waals surface area contributed by atoms with Gasteiger partial charge >= 0.3 is 6.09 Å². The highest BCUT2D eigenvalue weighted by molar-refractivity contribution is 7.16. The zero-order valence-corrected chi connectivity index (χ0v) is 19.2. The molecule has 0 atom stereocenters. The zero-order valence-electron chi connectivity index (χ0n) is 17.5. The molecule has 0 saturated carbocycles. The topological polar surface area (TPSA) is 83.5 Å². The zero-order chi connectivity index (χ0) is 21.9. The SMILES string of the molecule is CCOC(=O)N1CCN(c2nc3ccccc3nc2Nc2nc(-c3cccs3)cs2)CC1. The Kier molecular flexibility index (Phi) is 5.87. The van der Waals surface area contributed by atoms with Crippen LogP contribution in [0, 0.1) is 0 Å². The number of benzene rings is 1. The average molecular weight is 467 g/mol. The van der Waals surface area contributed by atoms with E-state index in [1.807, 2.05) is 48.0 Å². The molecule has 3 aromatic heterocycles. The highest BCUT2D eigenvalue weighted by atomic mass is 32.1. The first-order valence-corrected chi connectivity index (χ1v) is 12.2. The fourth-order valence-corrected chi connectivity index (χ4v) is 5.05. The van der Waals surface area contributed by atoms with Crippen LogP contribution >= 0.6 is 22.7 Å². The summed E-state index contributed by atoms with van der Waals surface area (Å²) in [6, 6.07) is 11.9. The lowest BCUT2D eigenvalue weighted by Gasteiger charge is -2.35. The molecule has 4 aromatic rings. The van der Waals surface area contributed by atoms with E-state index in [1.54, 1.807) is 27.6 Å². The molecule has 0 unspecified atom stereocenters. The van der Waals surface area contributed by atoms with E-state index < -0.39 is 0 Å². The van der Waals surface area contributed by atoms with Crippen LogP contribution in [0.1, 0.15) is 6.92 Å². The number of rotatable bonds is 5. The van der Waals surface area contributed by atoms with E-state index >= 15 is 0 Å². The van der Waals surface area contributed by atoms with Crippen LogP contribution in [-0.2, 0) is 4.74 Å². The van der Waals surface area contributed by atoms with Crippen molar-refractivity contribution >= 4 is 56.6 Å². The second-order valence-corrected chi connectivity index (χ2v) is 9.00. The van der Waals surface area contributed by atoms with Crippen LogP contribution in [0.3, 0.4) is 0 Å². The third-order valence-electron chi connectivity index (χ3n) is 5.16. The molecule has 0 aliphatic carbocycles. The second-order valence-electron chi connectivity index (χ2n) is 7.20. The molecule has 5 rings (SSSR count). The minimum Gasteiger partial charge on any atom is -0.450 e. The molecular formula is C22H22N6O2S2. The summed E-state index contributed by atoms with van der Waals surface area (Å²) in [5, 5.41) is 8.25. The number of hydrogen-bond acceptors (Lipinski definition) is 9. The highest BCUT2D eigenvalue weighted by Gasteiger charge is 2.25. The molecule has 32 heavy (non-hydrogen) atoms. The van der Waals surface area contributed by atoms with Crippen molar-refractivity contribution in [2.24, 2.45) is 0 Å². The first kappa shape index (κ1) is 20.7. The lowest BCUT2D eigenvalue weighted by molar-refractivity contribution is 0.105. The summed E-state index contributed by atoms with van der Waals surface area (Å²) in [5.74, 6) is 1.43. The maximum absolute atomic E-state index is 12.1. The van der Waals surface area contributed by atoms with Gasteiger partial charge in [-0.1, -0.05) is 18.2 Å². The number of carbonyl (C=O) groups excluding carboxylic acids is 1. The van der Waals surface area contributed by atoms with Gasteiger partial charge < -0.3 is 19.9 Å². The summed E-state index contributed by atoms with van der Waals surface area (Å²) in [4.78, 5) is 31.6. The summed E-state index contributed by atoms with van der Waals surface area (Å²) in [7, 11) is 0. The fourth-order valence-electron chi connectivity index (χ4n) is 3.58. The van der Waals surface area contributed by atoms with Crippen LogP contribution in [-0.4, -0.2) is 58.7 Å². The van der Waals surface area contributed by atoms with Crippen LogP contribution in [0.25, 0.3) is 21.6 Å². The first-order chi connectivity index (χ1) is 15.7. The minimum atomic E-state index is -0.265. The maximum atomic E-state index is 12.1. The lowest BCUT2D eigenvalue weighted by atomic mass is 10.3. The number of carbonyl (C=O) groups is 1. The number of para-hydroxylation sites is 2. The Bertz CT molecular complexity index is 1220. The Morgan fingerprint density at radius 1 is 1.03 bits per heavy atom. The van der Waals surface area contributed by atoms with Gasteiger partial charge in [-0.25, -0.2) is 19.7 Å². The molecule has 1 saturated heterocycles. The Balaban J connectivity index is 1.42. The second kappa shape index (κ2) is 9.09. The van der Waals surface area contributed by atoms with Gasteiger partial charge in [0.1, 0.15) is 0 Å². The molecule has 1 N–H and O–H groups in total. The van der Waals surface area contributed by atoms with Crippen LogP contribution in [0.5, 0.6) is 0 Å². The van der Waals surface area contributed by atoms with Crippen LogP contribution in [0.15, 0.2) is 47.2 Å². The summed E-state index contributed by atoms with van der Waals surface area (Å²) < 4.78 is 5.14. The molecule has 0 spiro atoms. The van der Waals surface area contributed by atoms with Gasteiger partial charge in [0.15, 0.2) is 16.8 Å². The molecule has 8 nitrogen and oxygen atoms in total. The number of hydrogen-bond donors (Lipinski definition) is 1. The smallest absolute Gasteiger partial charge is 0.409 e. The number of anilines is 3.